The molecule has 1 unspecified atom stereocenters. The van der Waals surface area contributed by atoms with Gasteiger partial charge in [-0.15, -0.1) is 0 Å². The summed E-state index contributed by atoms with van der Waals surface area (Å²) in [7, 11) is -1.73. The Labute approximate surface area is 119 Å². The van der Waals surface area contributed by atoms with Crippen molar-refractivity contribution in [3.63, 3.8) is 0 Å². The summed E-state index contributed by atoms with van der Waals surface area (Å²) < 4.78 is 26.9. The summed E-state index contributed by atoms with van der Waals surface area (Å²) in [5.41, 5.74) is 0. The van der Waals surface area contributed by atoms with E-state index in [1.54, 1.807) is 19.2 Å². The Kier molecular flexibility index (Phi) is 6.60. The zero-order valence-corrected chi connectivity index (χ0v) is 13.1. The highest BCUT2D eigenvalue weighted by molar-refractivity contribution is 7.99. The highest BCUT2D eigenvalue weighted by Crippen LogP contribution is 2.12. The summed E-state index contributed by atoms with van der Waals surface area (Å²) in [4.78, 5) is 4.21. The Morgan fingerprint density at radius 3 is 2.68 bits per heavy atom. The molecule has 0 bridgehead atoms. The van der Waals surface area contributed by atoms with Crippen LogP contribution >= 0.6 is 11.8 Å². The number of aromatic nitrogens is 1. The fourth-order valence-corrected chi connectivity index (χ4v) is 3.51. The first kappa shape index (κ1) is 16.3. The van der Waals surface area contributed by atoms with Crippen molar-refractivity contribution in [2.45, 2.75) is 31.2 Å². The minimum atomic E-state index is -3.47. The van der Waals surface area contributed by atoms with Crippen molar-refractivity contribution in [1.82, 2.24) is 9.71 Å². The van der Waals surface area contributed by atoms with Crippen molar-refractivity contribution in [3.05, 3.63) is 18.3 Å². The number of pyridine rings is 1. The maximum atomic E-state index is 12.1. The number of hydrogen-bond donors (Lipinski definition) is 2. The van der Waals surface area contributed by atoms with Gasteiger partial charge in [0.05, 0.1) is 0 Å². The summed E-state index contributed by atoms with van der Waals surface area (Å²) in [6, 6.07) is 3.12. The molecule has 1 atom stereocenters. The molecule has 1 heterocycles. The molecule has 0 radical (unpaired) electrons. The minimum Gasteiger partial charge on any atom is -0.373 e. The molecule has 1 rings (SSSR count). The molecular formula is C12H21N3O2S2. The predicted molar refractivity (Wildman–Crippen MR) is 81.2 cm³/mol. The summed E-state index contributed by atoms with van der Waals surface area (Å²) >= 11 is 1.81. The van der Waals surface area contributed by atoms with Crippen molar-refractivity contribution in [3.8, 4) is 0 Å². The van der Waals surface area contributed by atoms with Gasteiger partial charge in [0.15, 0.2) is 0 Å². The van der Waals surface area contributed by atoms with Crippen molar-refractivity contribution < 1.29 is 8.42 Å². The molecule has 0 aliphatic heterocycles. The molecule has 5 nitrogen and oxygen atoms in total. The topological polar surface area (TPSA) is 71.1 Å². The summed E-state index contributed by atoms with van der Waals surface area (Å²) in [5.74, 6) is 2.65. The fourth-order valence-electron chi connectivity index (χ4n) is 1.48. The monoisotopic (exact) mass is 303 g/mol. The molecule has 0 amide bonds. The number of hydrogen-bond acceptors (Lipinski definition) is 5. The lowest BCUT2D eigenvalue weighted by atomic mass is 10.3. The Morgan fingerprint density at radius 1 is 1.42 bits per heavy atom. The van der Waals surface area contributed by atoms with Crippen molar-refractivity contribution in [1.29, 1.82) is 0 Å². The number of sulfonamides is 1. The third kappa shape index (κ3) is 5.38. The van der Waals surface area contributed by atoms with Gasteiger partial charge in [-0.1, -0.05) is 6.92 Å². The average Bonchev–Trinajstić information content (AvgIpc) is 2.38. The fraction of sp³-hybridized carbons (Fsp3) is 0.583. The summed E-state index contributed by atoms with van der Waals surface area (Å²) in [6.45, 7) is 3.97. The lowest BCUT2D eigenvalue weighted by Crippen LogP contribution is -2.33. The van der Waals surface area contributed by atoms with Crippen molar-refractivity contribution in [2.24, 2.45) is 0 Å². The Hall–Kier alpha value is -0.790. The maximum Gasteiger partial charge on any atom is 0.242 e. The summed E-state index contributed by atoms with van der Waals surface area (Å²) in [5, 5.41) is 2.85. The van der Waals surface area contributed by atoms with Crippen molar-refractivity contribution >= 4 is 27.6 Å². The van der Waals surface area contributed by atoms with E-state index >= 15 is 0 Å². The van der Waals surface area contributed by atoms with Gasteiger partial charge in [-0.05, 0) is 37.0 Å². The van der Waals surface area contributed by atoms with E-state index in [9.17, 15) is 8.42 Å². The number of anilines is 1. The highest BCUT2D eigenvalue weighted by atomic mass is 32.2. The van der Waals surface area contributed by atoms with Crippen LogP contribution in [0.2, 0.25) is 0 Å². The number of thioether (sulfide) groups is 1. The van der Waals surface area contributed by atoms with Crippen LogP contribution in [0.4, 0.5) is 5.82 Å². The van der Waals surface area contributed by atoms with E-state index in [4.69, 9.17) is 0 Å². The van der Waals surface area contributed by atoms with E-state index in [0.29, 0.717) is 5.82 Å². The molecule has 19 heavy (non-hydrogen) atoms. The average molecular weight is 303 g/mol. The van der Waals surface area contributed by atoms with Crippen LogP contribution in [0.25, 0.3) is 0 Å². The smallest absolute Gasteiger partial charge is 0.242 e. The number of rotatable bonds is 8. The van der Waals surface area contributed by atoms with Gasteiger partial charge in [-0.2, -0.15) is 11.8 Å². The van der Waals surface area contributed by atoms with E-state index in [0.717, 1.165) is 17.9 Å². The molecule has 7 heteroatoms. The van der Waals surface area contributed by atoms with Gasteiger partial charge in [0, 0.05) is 19.3 Å². The molecule has 0 aliphatic carbocycles. The van der Waals surface area contributed by atoms with Crippen LogP contribution in [0.5, 0.6) is 0 Å². The van der Waals surface area contributed by atoms with Gasteiger partial charge < -0.3 is 5.32 Å². The third-order valence-corrected chi connectivity index (χ3v) is 5.07. The molecule has 0 saturated carbocycles. The second-order valence-corrected chi connectivity index (χ2v) is 7.24. The molecule has 1 aromatic rings. The first-order valence-electron chi connectivity index (χ1n) is 6.23. The normalized spacial score (nSPS) is 13.2. The Balaban J connectivity index is 2.63. The molecule has 0 aliphatic rings. The molecule has 0 fully saturated rings. The maximum absolute atomic E-state index is 12.1. The van der Waals surface area contributed by atoms with Gasteiger partial charge in [0.2, 0.25) is 10.0 Å². The van der Waals surface area contributed by atoms with Crippen LogP contribution in [0.3, 0.4) is 0 Å². The Bertz CT molecular complexity index is 474. The lowest BCUT2D eigenvalue weighted by Gasteiger charge is -2.13. The molecule has 1 aromatic heterocycles. The van der Waals surface area contributed by atoms with Crippen LogP contribution < -0.4 is 10.0 Å². The largest absolute Gasteiger partial charge is 0.373 e. The predicted octanol–water partition coefficient (Wildman–Crippen LogP) is 1.93. The van der Waals surface area contributed by atoms with Gasteiger partial charge in [-0.25, -0.2) is 18.1 Å². The van der Waals surface area contributed by atoms with Gasteiger partial charge in [0.1, 0.15) is 10.7 Å². The van der Waals surface area contributed by atoms with E-state index in [1.165, 1.54) is 6.20 Å². The molecule has 2 N–H and O–H groups in total. The van der Waals surface area contributed by atoms with Crippen LogP contribution in [-0.4, -0.2) is 38.0 Å². The van der Waals surface area contributed by atoms with E-state index in [-0.39, 0.29) is 10.9 Å². The van der Waals surface area contributed by atoms with Gasteiger partial charge in [-0.3, -0.25) is 0 Å². The van der Waals surface area contributed by atoms with Crippen LogP contribution in [-0.2, 0) is 10.0 Å². The number of nitrogens with one attached hydrogen (secondary N) is 2. The van der Waals surface area contributed by atoms with Crippen LogP contribution in [0.15, 0.2) is 23.2 Å². The highest BCUT2D eigenvalue weighted by Gasteiger charge is 2.17. The van der Waals surface area contributed by atoms with Gasteiger partial charge in [0.25, 0.3) is 0 Å². The molecule has 0 spiro atoms. The number of nitrogens with zero attached hydrogens (tertiary/aromatic N) is 1. The third-order valence-electron chi connectivity index (χ3n) is 2.56. The molecule has 0 saturated heterocycles. The van der Waals surface area contributed by atoms with E-state index < -0.39 is 10.0 Å². The second kappa shape index (κ2) is 7.72. The molecule has 108 valence electrons. The standard InChI is InChI=1S/C12H21N3O2S2/c1-4-18-8-7-10(2)15-19(16,17)11-5-6-12(13-3)14-9-11/h5-6,9-10,15H,4,7-8H2,1-3H3,(H,13,14). The zero-order chi connectivity index (χ0) is 14.3. The Morgan fingerprint density at radius 2 is 2.16 bits per heavy atom. The van der Waals surface area contributed by atoms with Crippen LogP contribution in [0.1, 0.15) is 20.3 Å². The quantitative estimate of drug-likeness (QED) is 0.718. The second-order valence-electron chi connectivity index (χ2n) is 4.14. The SMILES string of the molecule is CCSCCC(C)NS(=O)(=O)c1ccc(NC)nc1. The van der Waals surface area contributed by atoms with Crippen LogP contribution in [0, 0.1) is 0 Å². The molecule has 0 aromatic carbocycles. The summed E-state index contributed by atoms with van der Waals surface area (Å²) in [6.07, 6.45) is 2.18. The lowest BCUT2D eigenvalue weighted by molar-refractivity contribution is 0.556. The molecular weight excluding hydrogens is 282 g/mol. The first-order chi connectivity index (χ1) is 8.99. The minimum absolute atomic E-state index is 0.0759. The van der Waals surface area contributed by atoms with E-state index in [2.05, 4.69) is 21.9 Å². The van der Waals surface area contributed by atoms with E-state index in [1.807, 2.05) is 18.7 Å². The van der Waals surface area contributed by atoms with Gasteiger partial charge >= 0.3 is 0 Å². The zero-order valence-electron chi connectivity index (χ0n) is 11.5. The first-order valence-corrected chi connectivity index (χ1v) is 8.87. The van der Waals surface area contributed by atoms with Crippen molar-refractivity contribution in [2.75, 3.05) is 23.9 Å².